The Kier molecular flexibility index (Phi) is 5.91. The van der Waals surface area contributed by atoms with E-state index in [-0.39, 0.29) is 11.9 Å². The third kappa shape index (κ3) is 4.91. The summed E-state index contributed by atoms with van der Waals surface area (Å²) in [6, 6.07) is -1.13. The lowest BCUT2D eigenvalue weighted by atomic mass is 10.0. The third-order valence-electron chi connectivity index (χ3n) is 2.81. The predicted octanol–water partition coefficient (Wildman–Crippen LogP) is 0.918. The van der Waals surface area contributed by atoms with Crippen LogP contribution in [-0.2, 0) is 9.53 Å². The SMILES string of the molecule is CC(C)CC(NC(=O)N1CCCOCC1)C(=O)O. The topological polar surface area (TPSA) is 78.9 Å². The molecule has 6 nitrogen and oxygen atoms in total. The first-order valence-electron chi connectivity index (χ1n) is 6.36. The highest BCUT2D eigenvalue weighted by Crippen LogP contribution is 2.06. The zero-order chi connectivity index (χ0) is 13.5. The van der Waals surface area contributed by atoms with Crippen molar-refractivity contribution in [2.75, 3.05) is 26.3 Å². The van der Waals surface area contributed by atoms with Crippen LogP contribution in [0.25, 0.3) is 0 Å². The van der Waals surface area contributed by atoms with Crippen LogP contribution in [0, 0.1) is 5.92 Å². The van der Waals surface area contributed by atoms with E-state index in [1.165, 1.54) is 0 Å². The molecule has 0 spiro atoms. The van der Waals surface area contributed by atoms with Gasteiger partial charge < -0.3 is 20.1 Å². The van der Waals surface area contributed by atoms with Crippen LogP contribution >= 0.6 is 0 Å². The van der Waals surface area contributed by atoms with E-state index in [0.29, 0.717) is 32.7 Å². The summed E-state index contributed by atoms with van der Waals surface area (Å²) in [5.41, 5.74) is 0. The van der Waals surface area contributed by atoms with Crippen molar-refractivity contribution in [1.82, 2.24) is 10.2 Å². The first kappa shape index (κ1) is 14.8. The van der Waals surface area contributed by atoms with Crippen molar-refractivity contribution in [3.05, 3.63) is 0 Å². The van der Waals surface area contributed by atoms with E-state index in [9.17, 15) is 9.59 Å². The van der Waals surface area contributed by atoms with Gasteiger partial charge in [0.1, 0.15) is 6.04 Å². The summed E-state index contributed by atoms with van der Waals surface area (Å²) in [6.07, 6.45) is 1.22. The summed E-state index contributed by atoms with van der Waals surface area (Å²) >= 11 is 0. The number of amides is 2. The largest absolute Gasteiger partial charge is 0.480 e. The second kappa shape index (κ2) is 7.20. The molecule has 1 heterocycles. The van der Waals surface area contributed by atoms with Crippen LogP contribution in [-0.4, -0.2) is 54.4 Å². The Balaban J connectivity index is 2.51. The van der Waals surface area contributed by atoms with Gasteiger partial charge in [0, 0.05) is 19.7 Å². The first-order valence-corrected chi connectivity index (χ1v) is 6.36. The molecule has 0 aromatic heterocycles. The molecule has 0 aromatic carbocycles. The van der Waals surface area contributed by atoms with Crippen LogP contribution in [0.4, 0.5) is 4.79 Å². The smallest absolute Gasteiger partial charge is 0.326 e. The highest BCUT2D eigenvalue weighted by Gasteiger charge is 2.24. The Hall–Kier alpha value is -1.30. The monoisotopic (exact) mass is 258 g/mol. The average Bonchev–Trinajstić information content (AvgIpc) is 2.55. The Morgan fingerprint density at radius 3 is 2.67 bits per heavy atom. The van der Waals surface area contributed by atoms with Gasteiger partial charge in [-0.1, -0.05) is 13.8 Å². The van der Waals surface area contributed by atoms with Crippen molar-refractivity contribution in [1.29, 1.82) is 0 Å². The number of carbonyl (C=O) groups is 2. The van der Waals surface area contributed by atoms with E-state index in [1.54, 1.807) is 4.90 Å². The molecule has 6 heteroatoms. The minimum absolute atomic E-state index is 0.221. The van der Waals surface area contributed by atoms with Gasteiger partial charge >= 0.3 is 12.0 Å². The molecule has 1 saturated heterocycles. The summed E-state index contributed by atoms with van der Waals surface area (Å²) in [6.45, 7) is 6.15. The highest BCUT2D eigenvalue weighted by atomic mass is 16.5. The van der Waals surface area contributed by atoms with Gasteiger partial charge in [-0.15, -0.1) is 0 Å². The van der Waals surface area contributed by atoms with Crippen LogP contribution in [0.2, 0.25) is 0 Å². The zero-order valence-corrected chi connectivity index (χ0v) is 11.0. The molecule has 104 valence electrons. The molecule has 2 N–H and O–H groups in total. The molecule has 0 aliphatic carbocycles. The fourth-order valence-corrected chi connectivity index (χ4v) is 1.88. The normalized spacial score (nSPS) is 18.3. The first-order chi connectivity index (χ1) is 8.50. The summed E-state index contributed by atoms with van der Waals surface area (Å²) in [7, 11) is 0. The van der Waals surface area contributed by atoms with Crippen molar-refractivity contribution in [3.8, 4) is 0 Å². The van der Waals surface area contributed by atoms with Crippen molar-refractivity contribution in [3.63, 3.8) is 0 Å². The van der Waals surface area contributed by atoms with Crippen molar-refractivity contribution in [2.24, 2.45) is 5.92 Å². The molecule has 1 unspecified atom stereocenters. The van der Waals surface area contributed by atoms with Crippen LogP contribution in [0.1, 0.15) is 26.7 Å². The maximum absolute atomic E-state index is 11.9. The fraction of sp³-hybridized carbons (Fsp3) is 0.833. The van der Waals surface area contributed by atoms with E-state index in [1.807, 2.05) is 13.8 Å². The van der Waals surface area contributed by atoms with Crippen LogP contribution in [0.3, 0.4) is 0 Å². The number of hydrogen-bond donors (Lipinski definition) is 2. The Labute approximate surface area is 107 Å². The number of rotatable bonds is 4. The van der Waals surface area contributed by atoms with Gasteiger partial charge in [-0.05, 0) is 18.8 Å². The van der Waals surface area contributed by atoms with E-state index in [4.69, 9.17) is 9.84 Å². The molecule has 1 fully saturated rings. The van der Waals surface area contributed by atoms with Gasteiger partial charge in [0.25, 0.3) is 0 Å². The Bertz CT molecular complexity index is 286. The maximum Gasteiger partial charge on any atom is 0.326 e. The number of nitrogens with zero attached hydrogens (tertiary/aromatic N) is 1. The number of nitrogens with one attached hydrogen (secondary N) is 1. The second-order valence-corrected chi connectivity index (χ2v) is 4.92. The molecular formula is C12H22N2O4. The van der Waals surface area contributed by atoms with Gasteiger partial charge in [-0.25, -0.2) is 9.59 Å². The van der Waals surface area contributed by atoms with Crippen LogP contribution in [0.5, 0.6) is 0 Å². The lowest BCUT2D eigenvalue weighted by molar-refractivity contribution is -0.139. The van der Waals surface area contributed by atoms with Crippen LogP contribution < -0.4 is 5.32 Å². The number of carbonyl (C=O) groups excluding carboxylic acids is 1. The number of urea groups is 1. The van der Waals surface area contributed by atoms with Gasteiger partial charge in [-0.3, -0.25) is 0 Å². The molecule has 1 rings (SSSR count). The second-order valence-electron chi connectivity index (χ2n) is 4.92. The molecule has 2 amide bonds. The minimum atomic E-state index is -0.983. The summed E-state index contributed by atoms with van der Waals surface area (Å²) in [5, 5.41) is 11.6. The molecule has 0 aromatic rings. The number of carboxylic acids is 1. The summed E-state index contributed by atoms with van der Waals surface area (Å²) in [5.74, 6) is -0.762. The molecule has 1 aliphatic rings. The number of aliphatic carboxylic acids is 1. The lowest BCUT2D eigenvalue weighted by Gasteiger charge is -2.23. The minimum Gasteiger partial charge on any atom is -0.480 e. The summed E-state index contributed by atoms with van der Waals surface area (Å²) in [4.78, 5) is 24.6. The zero-order valence-electron chi connectivity index (χ0n) is 11.0. The highest BCUT2D eigenvalue weighted by molar-refractivity contribution is 5.82. The summed E-state index contributed by atoms with van der Waals surface area (Å²) < 4.78 is 5.25. The van der Waals surface area contributed by atoms with Crippen LogP contribution in [0.15, 0.2) is 0 Å². The number of hydrogen-bond acceptors (Lipinski definition) is 3. The maximum atomic E-state index is 11.9. The van der Waals surface area contributed by atoms with Crippen molar-refractivity contribution in [2.45, 2.75) is 32.7 Å². The van der Waals surface area contributed by atoms with E-state index >= 15 is 0 Å². The fourth-order valence-electron chi connectivity index (χ4n) is 1.88. The lowest BCUT2D eigenvalue weighted by Crippen LogP contribution is -2.49. The van der Waals surface area contributed by atoms with Crippen molar-refractivity contribution >= 4 is 12.0 Å². The van der Waals surface area contributed by atoms with Gasteiger partial charge in [0.2, 0.25) is 0 Å². The number of ether oxygens (including phenoxy) is 1. The molecule has 1 aliphatic heterocycles. The van der Waals surface area contributed by atoms with Gasteiger partial charge in [0.05, 0.1) is 6.61 Å². The average molecular weight is 258 g/mol. The molecular weight excluding hydrogens is 236 g/mol. The Morgan fingerprint density at radius 2 is 2.06 bits per heavy atom. The number of carboxylic acid groups (broad SMARTS) is 1. The molecule has 0 saturated carbocycles. The molecule has 1 atom stereocenters. The third-order valence-corrected chi connectivity index (χ3v) is 2.81. The standard InChI is InChI=1S/C12H22N2O4/c1-9(2)8-10(11(15)16)13-12(17)14-4-3-6-18-7-5-14/h9-10H,3-8H2,1-2H3,(H,13,17)(H,15,16). The quantitative estimate of drug-likeness (QED) is 0.786. The molecule has 0 bridgehead atoms. The molecule has 18 heavy (non-hydrogen) atoms. The van der Waals surface area contributed by atoms with E-state index in [0.717, 1.165) is 6.42 Å². The van der Waals surface area contributed by atoms with E-state index in [2.05, 4.69) is 5.32 Å². The van der Waals surface area contributed by atoms with Gasteiger partial charge in [0.15, 0.2) is 0 Å². The Morgan fingerprint density at radius 1 is 1.33 bits per heavy atom. The van der Waals surface area contributed by atoms with Gasteiger partial charge in [-0.2, -0.15) is 0 Å². The predicted molar refractivity (Wildman–Crippen MR) is 66.4 cm³/mol. The van der Waals surface area contributed by atoms with Crippen molar-refractivity contribution < 1.29 is 19.4 Å². The molecule has 0 radical (unpaired) electrons. The van der Waals surface area contributed by atoms with E-state index < -0.39 is 12.0 Å².